The van der Waals surface area contributed by atoms with Crippen molar-refractivity contribution in [3.8, 4) is 0 Å². The lowest BCUT2D eigenvalue weighted by Crippen LogP contribution is -2.31. The van der Waals surface area contributed by atoms with Gasteiger partial charge in [0.2, 0.25) is 0 Å². The summed E-state index contributed by atoms with van der Waals surface area (Å²) in [5, 5.41) is 0. The molecular formula is C11H16N2O5. The third-order valence-electron chi connectivity index (χ3n) is 2.98. The van der Waals surface area contributed by atoms with Gasteiger partial charge in [-0.25, -0.2) is 4.79 Å². The van der Waals surface area contributed by atoms with E-state index in [0.717, 1.165) is 0 Å². The molecule has 0 spiro atoms. The molecule has 100 valence electrons. The predicted octanol–water partition coefficient (Wildman–Crippen LogP) is -0.514. The molecule has 1 aromatic heterocycles. The Hall–Kier alpha value is -1.44. The zero-order valence-corrected chi connectivity index (χ0v) is 10.3. The van der Waals surface area contributed by atoms with Crippen molar-refractivity contribution in [1.82, 2.24) is 9.55 Å². The van der Waals surface area contributed by atoms with Gasteiger partial charge in [0.05, 0.1) is 12.7 Å². The van der Waals surface area contributed by atoms with Crippen molar-refractivity contribution in [3.63, 3.8) is 0 Å². The third-order valence-corrected chi connectivity index (χ3v) is 2.98. The van der Waals surface area contributed by atoms with Crippen LogP contribution in [0.5, 0.6) is 0 Å². The van der Waals surface area contributed by atoms with E-state index in [9.17, 15) is 9.59 Å². The smallest absolute Gasteiger partial charge is 0.330 e. The molecule has 7 nitrogen and oxygen atoms in total. The van der Waals surface area contributed by atoms with Crippen molar-refractivity contribution in [2.24, 2.45) is 0 Å². The molecule has 1 aromatic rings. The molecule has 1 saturated heterocycles. The van der Waals surface area contributed by atoms with Gasteiger partial charge in [-0.2, -0.15) is 0 Å². The molecule has 1 fully saturated rings. The summed E-state index contributed by atoms with van der Waals surface area (Å²) in [4.78, 5) is 24.8. The van der Waals surface area contributed by atoms with Crippen LogP contribution >= 0.6 is 0 Å². The average molecular weight is 256 g/mol. The molecule has 0 aromatic carbocycles. The lowest BCUT2D eigenvalue weighted by Gasteiger charge is -2.16. The van der Waals surface area contributed by atoms with E-state index in [4.69, 9.17) is 14.2 Å². The van der Waals surface area contributed by atoms with E-state index in [-0.39, 0.29) is 12.2 Å². The fraction of sp³-hybridized carbons (Fsp3) is 0.636. The third kappa shape index (κ3) is 2.53. The van der Waals surface area contributed by atoms with Gasteiger partial charge in [-0.1, -0.05) is 0 Å². The summed E-state index contributed by atoms with van der Waals surface area (Å²) in [6.07, 6.45) is 1.17. The molecule has 0 radical (unpaired) electrons. The maximum absolute atomic E-state index is 11.6. The molecule has 1 aliphatic heterocycles. The summed E-state index contributed by atoms with van der Waals surface area (Å²) in [5.74, 6) is 0. The van der Waals surface area contributed by atoms with E-state index in [1.54, 1.807) is 14.2 Å². The molecule has 0 bridgehead atoms. The quantitative estimate of drug-likeness (QED) is 0.784. The van der Waals surface area contributed by atoms with Gasteiger partial charge in [0.1, 0.15) is 12.3 Å². The first-order valence-corrected chi connectivity index (χ1v) is 5.64. The predicted molar refractivity (Wildman–Crippen MR) is 62.5 cm³/mol. The topological polar surface area (TPSA) is 82.5 Å². The number of hydrogen-bond donors (Lipinski definition) is 1. The minimum Gasteiger partial charge on any atom is -0.382 e. The first-order valence-electron chi connectivity index (χ1n) is 5.64. The fourth-order valence-electron chi connectivity index (χ4n) is 2.09. The Balaban J connectivity index is 2.20. The zero-order valence-electron chi connectivity index (χ0n) is 10.3. The van der Waals surface area contributed by atoms with Gasteiger partial charge >= 0.3 is 5.69 Å². The lowest BCUT2D eigenvalue weighted by molar-refractivity contribution is -0.0618. The second kappa shape index (κ2) is 5.47. The van der Waals surface area contributed by atoms with Crippen LogP contribution < -0.4 is 11.2 Å². The SMILES string of the molecule is COC[C@H]1O[C@H](n2ccc(=O)[nH]c2=O)C[C@@H]1OC. The summed E-state index contributed by atoms with van der Waals surface area (Å²) in [7, 11) is 3.17. The van der Waals surface area contributed by atoms with Crippen LogP contribution in [0.4, 0.5) is 0 Å². The van der Waals surface area contributed by atoms with Gasteiger partial charge in [-0.3, -0.25) is 14.3 Å². The summed E-state index contributed by atoms with van der Waals surface area (Å²) >= 11 is 0. The van der Waals surface area contributed by atoms with E-state index in [1.165, 1.54) is 16.8 Å². The molecule has 0 saturated carbocycles. The number of nitrogens with one attached hydrogen (secondary N) is 1. The van der Waals surface area contributed by atoms with Crippen molar-refractivity contribution in [2.75, 3.05) is 20.8 Å². The Morgan fingerprint density at radius 1 is 1.50 bits per heavy atom. The number of aromatic amines is 1. The van der Waals surface area contributed by atoms with E-state index in [1.807, 2.05) is 0 Å². The van der Waals surface area contributed by atoms with Gasteiger partial charge in [0.15, 0.2) is 0 Å². The van der Waals surface area contributed by atoms with Crippen molar-refractivity contribution >= 4 is 0 Å². The first-order chi connectivity index (χ1) is 8.65. The van der Waals surface area contributed by atoms with Gasteiger partial charge < -0.3 is 14.2 Å². The summed E-state index contributed by atoms with van der Waals surface area (Å²) in [6, 6.07) is 1.29. The number of nitrogens with zero attached hydrogens (tertiary/aromatic N) is 1. The van der Waals surface area contributed by atoms with Crippen LogP contribution in [0.3, 0.4) is 0 Å². The Morgan fingerprint density at radius 3 is 2.89 bits per heavy atom. The minimum absolute atomic E-state index is 0.131. The van der Waals surface area contributed by atoms with E-state index >= 15 is 0 Å². The maximum Gasteiger partial charge on any atom is 0.330 e. The Kier molecular flexibility index (Phi) is 3.95. The molecular weight excluding hydrogens is 240 g/mol. The van der Waals surface area contributed by atoms with Crippen molar-refractivity contribution in [3.05, 3.63) is 33.1 Å². The van der Waals surface area contributed by atoms with Crippen LogP contribution in [0, 0.1) is 0 Å². The second-order valence-electron chi connectivity index (χ2n) is 4.11. The van der Waals surface area contributed by atoms with E-state index in [2.05, 4.69) is 4.98 Å². The van der Waals surface area contributed by atoms with Gasteiger partial charge in [-0.15, -0.1) is 0 Å². The van der Waals surface area contributed by atoms with Crippen LogP contribution in [0.1, 0.15) is 12.6 Å². The molecule has 2 rings (SSSR count). The molecule has 18 heavy (non-hydrogen) atoms. The molecule has 1 aliphatic rings. The highest BCUT2D eigenvalue weighted by molar-refractivity contribution is 4.88. The molecule has 1 N–H and O–H groups in total. The van der Waals surface area contributed by atoms with Crippen molar-refractivity contribution in [2.45, 2.75) is 24.9 Å². The maximum atomic E-state index is 11.6. The Morgan fingerprint density at radius 2 is 2.28 bits per heavy atom. The van der Waals surface area contributed by atoms with Gasteiger partial charge in [0.25, 0.3) is 5.56 Å². The average Bonchev–Trinajstić information content (AvgIpc) is 2.72. The second-order valence-corrected chi connectivity index (χ2v) is 4.11. The van der Waals surface area contributed by atoms with Crippen molar-refractivity contribution < 1.29 is 14.2 Å². The monoisotopic (exact) mass is 256 g/mol. The molecule has 7 heteroatoms. The highest BCUT2D eigenvalue weighted by Crippen LogP contribution is 2.29. The normalized spacial score (nSPS) is 27.6. The highest BCUT2D eigenvalue weighted by Gasteiger charge is 2.36. The zero-order chi connectivity index (χ0) is 13.1. The molecule has 3 atom stereocenters. The van der Waals surface area contributed by atoms with Gasteiger partial charge in [0, 0.05) is 32.9 Å². The Labute approximate surface area is 103 Å². The molecule has 0 unspecified atom stereocenters. The summed E-state index contributed by atoms with van der Waals surface area (Å²) in [5.41, 5.74) is -0.911. The fourth-order valence-corrected chi connectivity index (χ4v) is 2.09. The van der Waals surface area contributed by atoms with E-state index in [0.29, 0.717) is 13.0 Å². The minimum atomic E-state index is -0.486. The Bertz CT molecular complexity index is 509. The standard InChI is InChI=1S/C11H16N2O5/c1-16-6-8-7(17-2)5-10(18-8)13-4-3-9(14)12-11(13)15/h3-4,7-8,10H,5-6H2,1-2H3,(H,12,14,15)/t7-,8+,10-/m0/s1. The first kappa shape index (κ1) is 13.0. The number of methoxy groups -OCH3 is 2. The molecule has 2 heterocycles. The van der Waals surface area contributed by atoms with Crippen LogP contribution in [-0.4, -0.2) is 42.6 Å². The summed E-state index contributed by atoms with van der Waals surface area (Å²) in [6.45, 7) is 0.396. The number of rotatable bonds is 4. The lowest BCUT2D eigenvalue weighted by atomic mass is 10.2. The largest absolute Gasteiger partial charge is 0.382 e. The van der Waals surface area contributed by atoms with Gasteiger partial charge in [-0.05, 0) is 0 Å². The highest BCUT2D eigenvalue weighted by atomic mass is 16.6. The number of ether oxygens (including phenoxy) is 3. The molecule has 0 aliphatic carbocycles. The van der Waals surface area contributed by atoms with Crippen molar-refractivity contribution in [1.29, 1.82) is 0 Å². The number of aromatic nitrogens is 2. The summed E-state index contributed by atoms with van der Waals surface area (Å²) < 4.78 is 17.4. The molecule has 0 amide bonds. The van der Waals surface area contributed by atoms with Crippen LogP contribution in [0.2, 0.25) is 0 Å². The number of H-pyrrole nitrogens is 1. The van der Waals surface area contributed by atoms with Crippen LogP contribution in [0.25, 0.3) is 0 Å². The van der Waals surface area contributed by atoms with Crippen LogP contribution in [0.15, 0.2) is 21.9 Å². The van der Waals surface area contributed by atoms with E-state index < -0.39 is 17.5 Å². The van der Waals surface area contributed by atoms with Crippen LogP contribution in [-0.2, 0) is 14.2 Å². The number of hydrogen-bond acceptors (Lipinski definition) is 5.